The monoisotopic (exact) mass is 798 g/mol. The highest BCUT2D eigenvalue weighted by Crippen LogP contribution is 2.39. The molecule has 15 heteroatoms. The van der Waals surface area contributed by atoms with Crippen LogP contribution in [0.15, 0.2) is 54.9 Å². The number of carbonyl (C=O) groups excluding carboxylic acids is 1. The molecule has 298 valence electrons. The van der Waals surface area contributed by atoms with Gasteiger partial charge >= 0.3 is 0 Å². The van der Waals surface area contributed by atoms with Crippen molar-refractivity contribution in [3.8, 4) is 22.1 Å². The third-order valence-corrected chi connectivity index (χ3v) is 12.2. The molecule has 0 radical (unpaired) electrons. The van der Waals surface area contributed by atoms with E-state index in [1.165, 1.54) is 23.7 Å². The molecule has 12 nitrogen and oxygen atoms in total. The minimum atomic E-state index is -3.39. The van der Waals surface area contributed by atoms with Crippen LogP contribution in [-0.2, 0) is 46.7 Å². The molecule has 0 N–H and O–H groups in total. The lowest BCUT2D eigenvalue weighted by Crippen LogP contribution is -2.48. The number of ether oxygens (including phenoxy) is 5. The maximum Gasteiger partial charge on any atom is 0.211 e. The molecule has 0 atom stereocenters. The molecule has 6 rings (SSSR count). The lowest BCUT2D eigenvalue weighted by Gasteiger charge is -2.37. The van der Waals surface area contributed by atoms with E-state index in [4.69, 9.17) is 28.7 Å². The molecule has 2 fully saturated rings. The van der Waals surface area contributed by atoms with Gasteiger partial charge in [-0.1, -0.05) is 12.1 Å². The fourth-order valence-corrected chi connectivity index (χ4v) is 8.87. The van der Waals surface area contributed by atoms with E-state index < -0.39 is 15.8 Å². The summed E-state index contributed by atoms with van der Waals surface area (Å²) in [5.74, 6) is 0.742. The Balaban J connectivity index is 0.963. The molecular formula is C40H51FN4O8S2. The lowest BCUT2D eigenvalue weighted by atomic mass is 10.0. The third kappa shape index (κ3) is 12.5. The predicted octanol–water partition coefficient (Wildman–Crippen LogP) is 6.12. The zero-order valence-corrected chi connectivity index (χ0v) is 33.3. The van der Waals surface area contributed by atoms with E-state index in [0.717, 1.165) is 65.1 Å². The molecule has 0 bridgehead atoms. The third-order valence-electron chi connectivity index (χ3n) is 9.71. The number of nitrogens with zero attached hydrogens (tertiary/aromatic N) is 4. The van der Waals surface area contributed by atoms with Crippen molar-refractivity contribution in [2.45, 2.75) is 51.1 Å². The maximum absolute atomic E-state index is 15.1. The highest BCUT2D eigenvalue weighted by Gasteiger charge is 2.30. The van der Waals surface area contributed by atoms with Crippen LogP contribution in [-0.4, -0.2) is 119 Å². The van der Waals surface area contributed by atoms with Crippen LogP contribution in [0.25, 0.3) is 20.8 Å². The van der Waals surface area contributed by atoms with Crippen molar-refractivity contribution in [2.75, 3.05) is 79.2 Å². The van der Waals surface area contributed by atoms with Crippen molar-refractivity contribution >= 4 is 37.4 Å². The fourth-order valence-electron chi connectivity index (χ4n) is 6.67. The summed E-state index contributed by atoms with van der Waals surface area (Å²) in [4.78, 5) is 24.8. The summed E-state index contributed by atoms with van der Waals surface area (Å²) in [6, 6.07) is 12.4. The van der Waals surface area contributed by atoms with Gasteiger partial charge in [0.1, 0.15) is 11.5 Å². The Morgan fingerprint density at radius 1 is 0.891 bits per heavy atom. The SMILES string of the molecule is COCCOCCOCCOCCN(C1CCN(Cc2ccc(-c3cc4nccc(Oc5ccc(CC(=O)CC6CC6)cc5F)c4s3)nc2)CC1)S(C)(=O)=O. The summed E-state index contributed by atoms with van der Waals surface area (Å²) in [5, 5.41) is 0. The van der Waals surface area contributed by atoms with Gasteiger partial charge in [0.2, 0.25) is 10.0 Å². The number of aromatic nitrogens is 2. The van der Waals surface area contributed by atoms with Gasteiger partial charge in [0.05, 0.1) is 73.3 Å². The Labute approximate surface area is 326 Å². The number of methoxy groups -OCH3 is 1. The first-order valence-electron chi connectivity index (χ1n) is 18.9. The summed E-state index contributed by atoms with van der Waals surface area (Å²) in [7, 11) is -1.77. The molecule has 0 unspecified atom stereocenters. The number of hydrogen-bond acceptors (Lipinski definition) is 12. The molecule has 0 spiro atoms. The Hall–Kier alpha value is -3.41. The zero-order valence-electron chi connectivity index (χ0n) is 31.6. The van der Waals surface area contributed by atoms with Crippen molar-refractivity contribution in [3.63, 3.8) is 0 Å². The first-order valence-corrected chi connectivity index (χ1v) is 21.6. The number of likely N-dealkylation sites (tertiary alicyclic amines) is 1. The minimum absolute atomic E-state index is 0.0746. The van der Waals surface area contributed by atoms with Crippen LogP contribution in [0.2, 0.25) is 0 Å². The van der Waals surface area contributed by atoms with Gasteiger partial charge in [-0.25, -0.2) is 12.8 Å². The number of sulfonamides is 1. The smallest absolute Gasteiger partial charge is 0.211 e. The van der Waals surface area contributed by atoms with Crippen LogP contribution in [0.5, 0.6) is 11.5 Å². The number of thiophene rings is 1. The predicted molar refractivity (Wildman–Crippen MR) is 210 cm³/mol. The van der Waals surface area contributed by atoms with Crippen molar-refractivity contribution in [2.24, 2.45) is 5.92 Å². The van der Waals surface area contributed by atoms with E-state index in [9.17, 15) is 13.2 Å². The molecule has 2 aliphatic rings. The average Bonchev–Trinajstić information content (AvgIpc) is 3.86. The molecule has 1 aliphatic heterocycles. The highest BCUT2D eigenvalue weighted by atomic mass is 32.2. The largest absolute Gasteiger partial charge is 0.453 e. The van der Waals surface area contributed by atoms with Crippen LogP contribution in [0, 0.1) is 11.7 Å². The molecule has 4 heterocycles. The molecule has 1 saturated carbocycles. The molecule has 1 aromatic carbocycles. The van der Waals surface area contributed by atoms with E-state index in [-0.39, 0.29) is 24.0 Å². The summed E-state index contributed by atoms with van der Waals surface area (Å²) in [6.07, 6.45) is 9.28. The van der Waals surface area contributed by atoms with E-state index in [1.807, 2.05) is 18.3 Å². The van der Waals surface area contributed by atoms with Crippen LogP contribution in [0.4, 0.5) is 4.39 Å². The van der Waals surface area contributed by atoms with Gasteiger partial charge < -0.3 is 23.7 Å². The van der Waals surface area contributed by atoms with Crippen LogP contribution in [0.3, 0.4) is 0 Å². The molecule has 3 aromatic heterocycles. The second-order valence-corrected chi connectivity index (χ2v) is 17.1. The van der Waals surface area contributed by atoms with Crippen LogP contribution in [0.1, 0.15) is 43.2 Å². The maximum atomic E-state index is 15.1. The molecule has 1 aliphatic carbocycles. The van der Waals surface area contributed by atoms with E-state index in [1.54, 1.807) is 35.8 Å². The average molecular weight is 799 g/mol. The molecule has 4 aromatic rings. The topological polar surface area (TPSA) is 130 Å². The Kier molecular flexibility index (Phi) is 15.1. The van der Waals surface area contributed by atoms with Gasteiger partial charge in [0.25, 0.3) is 0 Å². The number of halogens is 1. The number of Topliss-reactive ketones (excluding diaryl/α,β-unsaturated/α-hetero) is 1. The number of pyridine rings is 2. The molecule has 1 saturated heterocycles. The first kappa shape index (κ1) is 41.2. The van der Waals surface area contributed by atoms with Gasteiger partial charge in [-0.3, -0.25) is 19.7 Å². The van der Waals surface area contributed by atoms with Gasteiger partial charge in [-0.2, -0.15) is 4.31 Å². The van der Waals surface area contributed by atoms with Gasteiger partial charge in [-0.05, 0) is 67.0 Å². The second kappa shape index (κ2) is 20.1. The number of hydrogen-bond donors (Lipinski definition) is 0. The van der Waals surface area contributed by atoms with Crippen molar-refractivity contribution < 1.29 is 41.3 Å². The lowest BCUT2D eigenvalue weighted by molar-refractivity contribution is -0.118. The number of benzene rings is 1. The molecule has 0 amide bonds. The summed E-state index contributed by atoms with van der Waals surface area (Å²) < 4.78 is 70.3. The Bertz CT molecular complexity index is 1950. The van der Waals surface area contributed by atoms with Crippen LogP contribution >= 0.6 is 11.3 Å². The normalized spacial score (nSPS) is 15.6. The van der Waals surface area contributed by atoms with Gasteiger partial charge in [-0.15, -0.1) is 11.3 Å². The van der Waals surface area contributed by atoms with Crippen LogP contribution < -0.4 is 4.74 Å². The van der Waals surface area contributed by atoms with Gasteiger partial charge in [0, 0.05) is 70.6 Å². The van der Waals surface area contributed by atoms with E-state index in [0.29, 0.717) is 83.0 Å². The summed E-state index contributed by atoms with van der Waals surface area (Å²) in [5.41, 5.74) is 3.25. The van der Waals surface area contributed by atoms with Crippen molar-refractivity contribution in [3.05, 3.63) is 71.8 Å². The van der Waals surface area contributed by atoms with Gasteiger partial charge in [0.15, 0.2) is 11.6 Å². The van der Waals surface area contributed by atoms with Crippen molar-refractivity contribution in [1.29, 1.82) is 0 Å². The Morgan fingerprint density at radius 3 is 2.25 bits per heavy atom. The standard InChI is InChI=1S/C40H51FN4O8S2/c1-49-17-18-51-21-22-52-20-19-50-16-15-45(55(2,47)48)32-10-13-44(14-11-32)28-31-5-7-35(43-27-31)39-26-36-40(54-39)38(9-12-42-36)53-37-8-6-30(25-34(37)41)24-33(46)23-29-3-4-29/h5-9,12,25-27,29,32H,3-4,10-11,13-24,28H2,1-2H3. The van der Waals surface area contributed by atoms with Crippen molar-refractivity contribution in [1.82, 2.24) is 19.2 Å². The number of carbonyl (C=O) groups is 1. The van der Waals surface area contributed by atoms with E-state index >= 15 is 4.39 Å². The van der Waals surface area contributed by atoms with E-state index in [2.05, 4.69) is 16.0 Å². The highest BCUT2D eigenvalue weighted by molar-refractivity contribution is 7.88. The summed E-state index contributed by atoms with van der Waals surface area (Å²) in [6.45, 7) is 5.71. The summed E-state index contributed by atoms with van der Waals surface area (Å²) >= 11 is 1.48. The fraction of sp³-hybridized carbons (Fsp3) is 0.525. The quantitative estimate of drug-likeness (QED) is 0.0805. The number of ketones is 1. The molecular weight excluding hydrogens is 748 g/mol. The minimum Gasteiger partial charge on any atom is -0.453 e. The first-order chi connectivity index (χ1) is 26.7. The number of piperidine rings is 1. The Morgan fingerprint density at radius 2 is 1.60 bits per heavy atom. The second-order valence-electron chi connectivity index (χ2n) is 14.1. The molecule has 55 heavy (non-hydrogen) atoms. The number of rotatable bonds is 23. The number of fused-ring (bicyclic) bond motifs is 1. The zero-order chi connectivity index (χ0) is 38.6.